The van der Waals surface area contributed by atoms with Crippen LogP contribution in [0.25, 0.3) is 77.6 Å². The number of hydrogen-bond acceptors (Lipinski definition) is 2. The van der Waals surface area contributed by atoms with Crippen LogP contribution < -0.4 is 4.90 Å². The predicted molar refractivity (Wildman–Crippen MR) is 240 cm³/mol. The van der Waals surface area contributed by atoms with E-state index < -0.39 is 0 Å². The highest BCUT2D eigenvalue weighted by Crippen LogP contribution is 2.39. The van der Waals surface area contributed by atoms with E-state index in [1.54, 1.807) is 0 Å². The van der Waals surface area contributed by atoms with E-state index >= 15 is 0 Å². The topological polar surface area (TPSA) is 16.4 Å². The number of para-hydroxylation sites is 1. The van der Waals surface area contributed by atoms with Crippen LogP contribution in [0.4, 0.5) is 17.1 Å². The Hall–Kier alpha value is -7.42. The van der Waals surface area contributed by atoms with E-state index in [0.29, 0.717) is 0 Å². The van der Waals surface area contributed by atoms with Crippen LogP contribution in [-0.2, 0) is 0 Å². The first-order valence-electron chi connectivity index (χ1n) is 19.5. The zero-order valence-electron chi connectivity index (χ0n) is 31.6. The molecule has 0 bridgehead atoms. The molecule has 270 valence electrons. The molecule has 1 aromatic heterocycles. The van der Waals surface area contributed by atoms with E-state index in [4.69, 9.17) is 4.42 Å². The standard InChI is InChI=1S/C55H39NO/c1-38-51-17-7-8-20-54(51)57-55(38)47-16-9-15-46(37-47)43-29-35-50(36-30-43)56(48-31-25-41(26-32-48)39-11-3-2-4-12-39)49-33-27-42(28-34-49)40-21-23-45(24-22-40)53-19-10-14-44-13-5-6-18-52(44)53/h2-37H,1H3. The molecule has 0 saturated heterocycles. The van der Waals surface area contributed by atoms with Crippen molar-refractivity contribution < 1.29 is 4.42 Å². The summed E-state index contributed by atoms with van der Waals surface area (Å²) in [5, 5.41) is 3.68. The Morgan fingerprint density at radius 1 is 0.333 bits per heavy atom. The summed E-state index contributed by atoms with van der Waals surface area (Å²) in [7, 11) is 0. The number of aryl methyl sites for hydroxylation is 1. The summed E-state index contributed by atoms with van der Waals surface area (Å²) in [5.41, 5.74) is 16.0. The Labute approximate surface area is 333 Å². The number of benzene rings is 9. The van der Waals surface area contributed by atoms with E-state index in [2.05, 4.69) is 218 Å². The second kappa shape index (κ2) is 14.7. The minimum Gasteiger partial charge on any atom is -0.456 e. The second-order valence-electron chi connectivity index (χ2n) is 14.6. The van der Waals surface area contributed by atoms with Gasteiger partial charge in [-0.3, -0.25) is 0 Å². The minimum atomic E-state index is 0.916. The average Bonchev–Trinajstić information content (AvgIpc) is 3.63. The first-order valence-corrected chi connectivity index (χ1v) is 19.5. The maximum Gasteiger partial charge on any atom is 0.138 e. The summed E-state index contributed by atoms with van der Waals surface area (Å²) in [6.07, 6.45) is 0. The Balaban J connectivity index is 0.972. The van der Waals surface area contributed by atoms with E-state index in [9.17, 15) is 0 Å². The lowest BCUT2D eigenvalue weighted by molar-refractivity contribution is 0.629. The smallest absolute Gasteiger partial charge is 0.138 e. The Morgan fingerprint density at radius 2 is 0.772 bits per heavy atom. The van der Waals surface area contributed by atoms with Crippen molar-refractivity contribution in [1.82, 2.24) is 0 Å². The van der Waals surface area contributed by atoms with E-state index in [-0.39, 0.29) is 0 Å². The zero-order chi connectivity index (χ0) is 38.1. The van der Waals surface area contributed by atoms with Crippen molar-refractivity contribution in [3.05, 3.63) is 224 Å². The molecule has 0 aliphatic carbocycles. The van der Waals surface area contributed by atoms with Gasteiger partial charge in [-0.15, -0.1) is 0 Å². The molecule has 0 spiro atoms. The number of hydrogen-bond donors (Lipinski definition) is 0. The van der Waals surface area contributed by atoms with Gasteiger partial charge in [0.1, 0.15) is 11.3 Å². The molecule has 0 radical (unpaired) electrons. The number of rotatable bonds is 8. The normalized spacial score (nSPS) is 11.2. The van der Waals surface area contributed by atoms with Crippen molar-refractivity contribution >= 4 is 38.8 Å². The van der Waals surface area contributed by atoms with E-state index in [1.807, 2.05) is 12.1 Å². The van der Waals surface area contributed by atoms with Crippen molar-refractivity contribution in [2.45, 2.75) is 6.92 Å². The van der Waals surface area contributed by atoms with Crippen molar-refractivity contribution in [1.29, 1.82) is 0 Å². The molecule has 57 heavy (non-hydrogen) atoms. The molecule has 0 saturated carbocycles. The van der Waals surface area contributed by atoms with Gasteiger partial charge in [0.05, 0.1) is 0 Å². The van der Waals surface area contributed by atoms with Crippen LogP contribution in [0.15, 0.2) is 223 Å². The lowest BCUT2D eigenvalue weighted by atomic mass is 9.96. The molecule has 10 rings (SSSR count). The third-order valence-electron chi connectivity index (χ3n) is 11.1. The third-order valence-corrected chi connectivity index (χ3v) is 11.1. The Bertz CT molecular complexity index is 2970. The predicted octanol–water partition coefficient (Wildman–Crippen LogP) is 15.7. The lowest BCUT2D eigenvalue weighted by Gasteiger charge is -2.26. The number of fused-ring (bicyclic) bond motifs is 2. The van der Waals surface area contributed by atoms with Crippen molar-refractivity contribution in [2.75, 3.05) is 4.90 Å². The fourth-order valence-electron chi connectivity index (χ4n) is 8.10. The molecule has 10 aromatic rings. The summed E-state index contributed by atoms with van der Waals surface area (Å²) in [6, 6.07) is 78.1. The van der Waals surface area contributed by atoms with Crippen LogP contribution >= 0.6 is 0 Å². The molecule has 0 aliphatic rings. The molecule has 0 amide bonds. The largest absolute Gasteiger partial charge is 0.456 e. The van der Waals surface area contributed by atoms with Crippen LogP contribution in [0.5, 0.6) is 0 Å². The molecule has 9 aromatic carbocycles. The summed E-state index contributed by atoms with van der Waals surface area (Å²) >= 11 is 0. The summed E-state index contributed by atoms with van der Waals surface area (Å²) in [5.74, 6) is 0.920. The fraction of sp³-hybridized carbons (Fsp3) is 0.0182. The highest BCUT2D eigenvalue weighted by molar-refractivity contribution is 5.97. The first kappa shape index (κ1) is 34.1. The lowest BCUT2D eigenvalue weighted by Crippen LogP contribution is -2.09. The molecule has 2 heteroatoms. The van der Waals surface area contributed by atoms with Crippen molar-refractivity contribution in [2.24, 2.45) is 0 Å². The second-order valence-corrected chi connectivity index (χ2v) is 14.6. The maximum atomic E-state index is 6.33. The highest BCUT2D eigenvalue weighted by atomic mass is 16.3. The van der Waals surface area contributed by atoms with Gasteiger partial charge in [0, 0.05) is 33.6 Å². The van der Waals surface area contributed by atoms with Crippen LogP contribution in [0, 0.1) is 6.92 Å². The molecule has 0 aliphatic heterocycles. The number of nitrogens with zero attached hydrogens (tertiary/aromatic N) is 1. The SMILES string of the molecule is Cc1c(-c2cccc(-c3ccc(N(c4ccc(-c5ccccc5)cc4)c4ccc(-c5ccc(-c6cccc7ccccc67)cc5)cc4)cc3)c2)oc2ccccc12. The van der Waals surface area contributed by atoms with Gasteiger partial charge in [-0.05, 0) is 111 Å². The van der Waals surface area contributed by atoms with Crippen LogP contribution in [0.2, 0.25) is 0 Å². The third kappa shape index (κ3) is 6.58. The highest BCUT2D eigenvalue weighted by Gasteiger charge is 2.16. The van der Waals surface area contributed by atoms with Gasteiger partial charge in [-0.25, -0.2) is 0 Å². The number of furan rings is 1. The van der Waals surface area contributed by atoms with Gasteiger partial charge < -0.3 is 9.32 Å². The Kier molecular flexibility index (Phi) is 8.78. The Morgan fingerprint density at radius 3 is 1.40 bits per heavy atom. The van der Waals surface area contributed by atoms with Gasteiger partial charge in [0.15, 0.2) is 0 Å². The number of anilines is 3. The molecule has 0 atom stereocenters. The van der Waals surface area contributed by atoms with Gasteiger partial charge in [0.25, 0.3) is 0 Å². The van der Waals surface area contributed by atoms with E-state index in [0.717, 1.165) is 56.0 Å². The maximum absolute atomic E-state index is 6.33. The van der Waals surface area contributed by atoms with Gasteiger partial charge >= 0.3 is 0 Å². The summed E-state index contributed by atoms with van der Waals surface area (Å²) < 4.78 is 6.33. The zero-order valence-corrected chi connectivity index (χ0v) is 31.6. The van der Waals surface area contributed by atoms with Crippen LogP contribution in [0.3, 0.4) is 0 Å². The quantitative estimate of drug-likeness (QED) is 0.155. The molecule has 1 heterocycles. The van der Waals surface area contributed by atoms with Crippen molar-refractivity contribution in [3.8, 4) is 55.8 Å². The monoisotopic (exact) mass is 729 g/mol. The summed E-state index contributed by atoms with van der Waals surface area (Å²) in [6.45, 7) is 2.14. The fourth-order valence-corrected chi connectivity index (χ4v) is 8.10. The van der Waals surface area contributed by atoms with Gasteiger partial charge in [-0.1, -0.05) is 170 Å². The van der Waals surface area contributed by atoms with Crippen molar-refractivity contribution in [3.63, 3.8) is 0 Å². The van der Waals surface area contributed by atoms with Crippen LogP contribution in [0.1, 0.15) is 5.56 Å². The van der Waals surface area contributed by atoms with E-state index in [1.165, 1.54) is 44.2 Å². The van der Waals surface area contributed by atoms with Gasteiger partial charge in [-0.2, -0.15) is 0 Å². The molecular formula is C55H39NO. The summed E-state index contributed by atoms with van der Waals surface area (Å²) in [4.78, 5) is 2.33. The first-order chi connectivity index (χ1) is 28.2. The average molecular weight is 730 g/mol. The molecule has 0 N–H and O–H groups in total. The molecule has 0 unspecified atom stereocenters. The van der Waals surface area contributed by atoms with Crippen LogP contribution in [-0.4, -0.2) is 0 Å². The minimum absolute atomic E-state index is 0.916. The molecular weight excluding hydrogens is 691 g/mol. The van der Waals surface area contributed by atoms with Gasteiger partial charge in [0.2, 0.25) is 0 Å². The molecule has 0 fully saturated rings. The molecule has 2 nitrogen and oxygen atoms in total.